The predicted octanol–water partition coefficient (Wildman–Crippen LogP) is 4.05. The maximum absolute atomic E-state index is 5.78. The Kier molecular flexibility index (Phi) is 4.13. The molecule has 1 heterocycles. The van der Waals surface area contributed by atoms with Gasteiger partial charge in [-0.05, 0) is 43.4 Å². The number of fused-ring (bicyclic) bond motifs is 1. The maximum atomic E-state index is 5.78. The van der Waals surface area contributed by atoms with Crippen molar-refractivity contribution < 1.29 is 4.74 Å². The molecule has 0 unspecified atom stereocenters. The molecule has 2 nitrogen and oxygen atoms in total. The highest BCUT2D eigenvalue weighted by Crippen LogP contribution is 2.33. The van der Waals surface area contributed by atoms with Gasteiger partial charge in [0.1, 0.15) is 5.75 Å². The van der Waals surface area contributed by atoms with Gasteiger partial charge in [0.15, 0.2) is 0 Å². The van der Waals surface area contributed by atoms with Gasteiger partial charge in [0.05, 0.1) is 6.61 Å². The van der Waals surface area contributed by atoms with Crippen LogP contribution in [0.1, 0.15) is 43.7 Å². The van der Waals surface area contributed by atoms with E-state index >= 15 is 0 Å². The van der Waals surface area contributed by atoms with Crippen molar-refractivity contribution in [3.05, 3.63) is 27.7 Å². The lowest BCUT2D eigenvalue weighted by atomic mass is 9.99. The molecule has 1 N–H and O–H groups in total. The molecule has 0 radical (unpaired) electrons. The first kappa shape index (κ1) is 13.4. The minimum Gasteiger partial charge on any atom is -0.493 e. The molecule has 2 aliphatic rings. The van der Waals surface area contributed by atoms with Gasteiger partial charge in [0.25, 0.3) is 0 Å². The molecule has 3 rings (SSSR count). The molecule has 1 atom stereocenters. The molecule has 1 aliphatic heterocycles. The van der Waals surface area contributed by atoms with Crippen molar-refractivity contribution in [3.8, 4) is 5.75 Å². The van der Waals surface area contributed by atoms with Crippen LogP contribution in [0.5, 0.6) is 5.75 Å². The van der Waals surface area contributed by atoms with Crippen LogP contribution in [0.4, 0.5) is 0 Å². The van der Waals surface area contributed by atoms with Gasteiger partial charge in [0.2, 0.25) is 0 Å². The molecule has 19 heavy (non-hydrogen) atoms. The summed E-state index contributed by atoms with van der Waals surface area (Å²) in [5, 5.41) is 3.70. The van der Waals surface area contributed by atoms with E-state index in [1.165, 1.54) is 41.3 Å². The van der Waals surface area contributed by atoms with Gasteiger partial charge in [0, 0.05) is 29.0 Å². The summed E-state index contributed by atoms with van der Waals surface area (Å²) in [6, 6.07) is 4.99. The van der Waals surface area contributed by atoms with Crippen molar-refractivity contribution >= 4 is 15.9 Å². The Balaban J connectivity index is 1.66. The number of benzene rings is 1. The fourth-order valence-corrected chi connectivity index (χ4v) is 3.92. The van der Waals surface area contributed by atoms with Gasteiger partial charge < -0.3 is 10.1 Å². The molecule has 0 spiro atoms. The number of rotatable bonds is 4. The Morgan fingerprint density at radius 1 is 1.37 bits per heavy atom. The van der Waals surface area contributed by atoms with Crippen LogP contribution in [-0.4, -0.2) is 12.6 Å². The van der Waals surface area contributed by atoms with Gasteiger partial charge >= 0.3 is 0 Å². The van der Waals surface area contributed by atoms with Crippen molar-refractivity contribution in [1.29, 1.82) is 0 Å². The summed E-state index contributed by atoms with van der Waals surface area (Å²) in [7, 11) is 0. The van der Waals surface area contributed by atoms with E-state index < -0.39 is 0 Å². The molecule has 104 valence electrons. The third kappa shape index (κ3) is 2.97. The van der Waals surface area contributed by atoms with E-state index in [2.05, 4.69) is 40.3 Å². The van der Waals surface area contributed by atoms with Crippen LogP contribution in [0.15, 0.2) is 16.6 Å². The van der Waals surface area contributed by atoms with Crippen molar-refractivity contribution in [1.82, 2.24) is 5.32 Å². The Hall–Kier alpha value is -0.540. The highest BCUT2D eigenvalue weighted by Gasteiger charge is 2.22. The molecule has 0 aromatic heterocycles. The SMILES string of the molecule is C[C@H](NCc1cc(Br)cc2c1OCC2)C1CCCC1. The monoisotopic (exact) mass is 323 g/mol. The summed E-state index contributed by atoms with van der Waals surface area (Å²) in [5.41, 5.74) is 2.64. The van der Waals surface area contributed by atoms with Gasteiger partial charge in [-0.25, -0.2) is 0 Å². The van der Waals surface area contributed by atoms with Gasteiger partial charge in [-0.15, -0.1) is 0 Å². The third-order valence-corrected chi connectivity index (χ3v) is 5.00. The molecule has 0 saturated heterocycles. The summed E-state index contributed by atoms with van der Waals surface area (Å²) < 4.78 is 6.95. The van der Waals surface area contributed by atoms with Crippen LogP contribution >= 0.6 is 15.9 Å². The lowest BCUT2D eigenvalue weighted by Gasteiger charge is -2.21. The van der Waals surface area contributed by atoms with Gasteiger partial charge in [-0.2, -0.15) is 0 Å². The first-order valence-electron chi connectivity index (χ1n) is 7.41. The Morgan fingerprint density at radius 3 is 2.95 bits per heavy atom. The lowest BCUT2D eigenvalue weighted by molar-refractivity contribution is 0.346. The third-order valence-electron chi connectivity index (χ3n) is 4.55. The van der Waals surface area contributed by atoms with Crippen molar-refractivity contribution in [2.45, 2.75) is 51.6 Å². The summed E-state index contributed by atoms with van der Waals surface area (Å²) >= 11 is 3.61. The van der Waals surface area contributed by atoms with Crippen LogP contribution in [0.3, 0.4) is 0 Å². The average Bonchev–Trinajstić information content (AvgIpc) is 3.05. The zero-order valence-electron chi connectivity index (χ0n) is 11.5. The fourth-order valence-electron chi connectivity index (χ4n) is 3.37. The normalized spacial score (nSPS) is 20.3. The minimum absolute atomic E-state index is 0.610. The van der Waals surface area contributed by atoms with E-state index in [0.717, 1.165) is 31.2 Å². The molecule has 0 amide bonds. The topological polar surface area (TPSA) is 21.3 Å². The summed E-state index contributed by atoms with van der Waals surface area (Å²) in [4.78, 5) is 0. The lowest BCUT2D eigenvalue weighted by Crippen LogP contribution is -2.31. The number of halogens is 1. The summed E-state index contributed by atoms with van der Waals surface area (Å²) in [5.74, 6) is 1.98. The minimum atomic E-state index is 0.610. The Bertz CT molecular complexity index is 454. The van der Waals surface area contributed by atoms with E-state index in [1.807, 2.05) is 0 Å². The molecule has 1 fully saturated rings. The van der Waals surface area contributed by atoms with E-state index in [1.54, 1.807) is 0 Å². The second kappa shape index (κ2) is 5.84. The molecular formula is C16H22BrNO. The molecule has 1 saturated carbocycles. The van der Waals surface area contributed by atoms with Crippen LogP contribution in [-0.2, 0) is 13.0 Å². The average molecular weight is 324 g/mol. The van der Waals surface area contributed by atoms with Gasteiger partial charge in [-0.1, -0.05) is 28.8 Å². The molecule has 1 aromatic rings. The zero-order chi connectivity index (χ0) is 13.2. The number of ether oxygens (including phenoxy) is 1. The molecule has 1 aliphatic carbocycles. The first-order chi connectivity index (χ1) is 9.24. The smallest absolute Gasteiger partial charge is 0.127 e. The van der Waals surface area contributed by atoms with E-state index in [4.69, 9.17) is 4.74 Å². The summed E-state index contributed by atoms with van der Waals surface area (Å²) in [6.07, 6.45) is 6.64. The van der Waals surface area contributed by atoms with E-state index in [0.29, 0.717) is 6.04 Å². The second-order valence-electron chi connectivity index (χ2n) is 5.87. The quantitative estimate of drug-likeness (QED) is 0.902. The summed E-state index contributed by atoms with van der Waals surface area (Å²) in [6.45, 7) is 4.07. The Morgan fingerprint density at radius 2 is 2.16 bits per heavy atom. The maximum Gasteiger partial charge on any atom is 0.127 e. The molecule has 3 heteroatoms. The molecule has 1 aromatic carbocycles. The van der Waals surface area contributed by atoms with Crippen molar-refractivity contribution in [3.63, 3.8) is 0 Å². The van der Waals surface area contributed by atoms with E-state index in [9.17, 15) is 0 Å². The first-order valence-corrected chi connectivity index (χ1v) is 8.21. The van der Waals surface area contributed by atoms with E-state index in [-0.39, 0.29) is 0 Å². The van der Waals surface area contributed by atoms with Crippen LogP contribution in [0.25, 0.3) is 0 Å². The standard InChI is InChI=1S/C16H22BrNO/c1-11(12-4-2-3-5-12)18-10-14-9-15(17)8-13-6-7-19-16(13)14/h8-9,11-12,18H,2-7,10H2,1H3/t11-/m0/s1. The van der Waals surface area contributed by atoms with Crippen LogP contribution < -0.4 is 10.1 Å². The Labute approximate surface area is 124 Å². The van der Waals surface area contributed by atoms with Crippen LogP contribution in [0.2, 0.25) is 0 Å². The van der Waals surface area contributed by atoms with Crippen molar-refractivity contribution in [2.75, 3.05) is 6.61 Å². The number of hydrogen-bond donors (Lipinski definition) is 1. The zero-order valence-corrected chi connectivity index (χ0v) is 13.1. The number of nitrogens with one attached hydrogen (secondary N) is 1. The second-order valence-corrected chi connectivity index (χ2v) is 6.78. The number of hydrogen-bond acceptors (Lipinski definition) is 2. The molecular weight excluding hydrogens is 302 g/mol. The van der Waals surface area contributed by atoms with Crippen LogP contribution in [0, 0.1) is 5.92 Å². The molecule has 0 bridgehead atoms. The predicted molar refractivity (Wildman–Crippen MR) is 81.6 cm³/mol. The van der Waals surface area contributed by atoms with Gasteiger partial charge in [-0.3, -0.25) is 0 Å². The highest BCUT2D eigenvalue weighted by atomic mass is 79.9. The van der Waals surface area contributed by atoms with Crippen molar-refractivity contribution in [2.24, 2.45) is 5.92 Å². The largest absolute Gasteiger partial charge is 0.493 e. The highest BCUT2D eigenvalue weighted by molar-refractivity contribution is 9.10. The fraction of sp³-hybridized carbons (Fsp3) is 0.625.